The predicted molar refractivity (Wildman–Crippen MR) is 131 cm³/mol. The fraction of sp³-hybridized carbons (Fsp3) is 0.357. The first-order chi connectivity index (χ1) is 16.7. The quantitative estimate of drug-likeness (QED) is 0.289. The summed E-state index contributed by atoms with van der Waals surface area (Å²) in [4.78, 5) is 54.4. The maximum Gasteiger partial charge on any atom is 0.316 e. The molecule has 0 unspecified atom stereocenters. The molecule has 3 atom stereocenters. The van der Waals surface area contributed by atoms with Crippen molar-refractivity contribution >= 4 is 35.1 Å². The number of ether oxygens (including phenoxy) is 1. The number of carbonyl (C=O) groups excluding carboxylic acids is 4. The van der Waals surface area contributed by atoms with Crippen LogP contribution in [0.2, 0.25) is 0 Å². The number of amides is 3. The molecule has 5 rings (SSSR count). The number of imide groups is 1. The second kappa shape index (κ2) is 8.80. The third-order valence-corrected chi connectivity index (χ3v) is 7.09. The van der Waals surface area contributed by atoms with E-state index in [0.717, 1.165) is 22.4 Å². The monoisotopic (exact) mass is 472 g/mol. The van der Waals surface area contributed by atoms with Crippen LogP contribution in [0, 0.1) is 31.6 Å². The fourth-order valence-electron chi connectivity index (χ4n) is 5.40. The number of rotatable bonds is 4. The zero-order valence-corrected chi connectivity index (χ0v) is 20.1. The van der Waals surface area contributed by atoms with Crippen molar-refractivity contribution in [3.8, 4) is 5.75 Å². The molecule has 2 saturated heterocycles. The van der Waals surface area contributed by atoms with Gasteiger partial charge in [0.05, 0.1) is 23.4 Å². The van der Waals surface area contributed by atoms with Crippen LogP contribution in [-0.4, -0.2) is 30.2 Å². The maximum absolute atomic E-state index is 13.0. The minimum Gasteiger partial charge on any atom is -0.426 e. The maximum atomic E-state index is 13.0. The molecule has 2 aromatic rings. The van der Waals surface area contributed by atoms with Crippen molar-refractivity contribution in [1.29, 1.82) is 0 Å². The van der Waals surface area contributed by atoms with Crippen LogP contribution in [0.3, 0.4) is 0 Å². The van der Waals surface area contributed by atoms with E-state index in [1.807, 2.05) is 45.0 Å². The molecule has 0 radical (unpaired) electrons. The summed E-state index contributed by atoms with van der Waals surface area (Å²) in [6.45, 7) is 6.17. The van der Waals surface area contributed by atoms with Gasteiger partial charge in [0.1, 0.15) is 5.75 Å². The van der Waals surface area contributed by atoms with Gasteiger partial charge in [-0.15, -0.1) is 0 Å². The smallest absolute Gasteiger partial charge is 0.316 e. The number of hydrogen-bond donors (Lipinski definition) is 0. The zero-order chi connectivity index (χ0) is 24.9. The molecule has 0 saturated carbocycles. The number of carbonyl (C=O) groups is 4. The standard InChI is InChI=1S/C28H28N2O5/c1-16-7-8-23-24(12-16)27(33)30(26(23)32)20-5-4-6-22(14-20)35-28(34)19-13-25(31)29(15-19)21-10-17(2)9-18(3)11-21/h4-7,9-11,14,19,23-24H,8,12-13,15H2,1-3H3/t19-,23-,24+/m0/s1. The molecule has 2 fully saturated rings. The van der Waals surface area contributed by atoms with E-state index < -0.39 is 11.9 Å². The van der Waals surface area contributed by atoms with Gasteiger partial charge in [0.25, 0.3) is 0 Å². The van der Waals surface area contributed by atoms with Gasteiger partial charge < -0.3 is 9.64 Å². The van der Waals surface area contributed by atoms with Crippen LogP contribution < -0.4 is 14.5 Å². The van der Waals surface area contributed by atoms with E-state index in [-0.39, 0.29) is 48.3 Å². The largest absolute Gasteiger partial charge is 0.426 e. The molecule has 2 heterocycles. The van der Waals surface area contributed by atoms with Crippen LogP contribution in [-0.2, 0) is 19.2 Å². The van der Waals surface area contributed by atoms with Gasteiger partial charge in [-0.3, -0.25) is 19.2 Å². The van der Waals surface area contributed by atoms with Gasteiger partial charge in [0.2, 0.25) is 17.7 Å². The summed E-state index contributed by atoms with van der Waals surface area (Å²) in [5.41, 5.74) is 4.40. The molecule has 35 heavy (non-hydrogen) atoms. The van der Waals surface area contributed by atoms with Crippen molar-refractivity contribution in [2.75, 3.05) is 16.3 Å². The predicted octanol–water partition coefficient (Wildman–Crippen LogP) is 4.11. The molecule has 7 heteroatoms. The lowest BCUT2D eigenvalue weighted by atomic mass is 9.82. The molecule has 3 amide bonds. The lowest BCUT2D eigenvalue weighted by Gasteiger charge is -2.19. The summed E-state index contributed by atoms with van der Waals surface area (Å²) in [7, 11) is 0. The number of aryl methyl sites for hydroxylation is 2. The van der Waals surface area contributed by atoms with E-state index in [4.69, 9.17) is 4.74 Å². The highest BCUT2D eigenvalue weighted by Crippen LogP contribution is 2.40. The van der Waals surface area contributed by atoms with Crippen molar-refractivity contribution in [3.05, 3.63) is 65.2 Å². The number of nitrogens with zero attached hydrogens (tertiary/aromatic N) is 2. The number of anilines is 2. The Morgan fingerprint density at radius 3 is 2.34 bits per heavy atom. The Morgan fingerprint density at radius 1 is 0.886 bits per heavy atom. The molecule has 2 aliphatic heterocycles. The molecule has 0 N–H and O–H groups in total. The molecule has 0 spiro atoms. The molecule has 2 aromatic carbocycles. The summed E-state index contributed by atoms with van der Waals surface area (Å²) >= 11 is 0. The van der Waals surface area contributed by atoms with Gasteiger partial charge in [0, 0.05) is 24.7 Å². The third-order valence-electron chi connectivity index (χ3n) is 7.09. The van der Waals surface area contributed by atoms with Crippen molar-refractivity contribution in [2.24, 2.45) is 17.8 Å². The van der Waals surface area contributed by atoms with Crippen LogP contribution >= 0.6 is 0 Å². The Hall–Kier alpha value is -3.74. The van der Waals surface area contributed by atoms with E-state index >= 15 is 0 Å². The van der Waals surface area contributed by atoms with E-state index in [1.54, 1.807) is 29.2 Å². The molecule has 3 aliphatic rings. The zero-order valence-electron chi connectivity index (χ0n) is 20.1. The summed E-state index contributed by atoms with van der Waals surface area (Å²) in [5, 5.41) is 0. The Labute approximate surface area is 204 Å². The van der Waals surface area contributed by atoms with Crippen molar-refractivity contribution < 1.29 is 23.9 Å². The highest BCUT2D eigenvalue weighted by atomic mass is 16.5. The van der Waals surface area contributed by atoms with Crippen LogP contribution in [0.25, 0.3) is 0 Å². The normalized spacial score (nSPS) is 24.0. The molecule has 0 bridgehead atoms. The minimum absolute atomic E-state index is 0.0737. The Balaban J connectivity index is 1.30. The van der Waals surface area contributed by atoms with Crippen molar-refractivity contribution in [1.82, 2.24) is 0 Å². The van der Waals surface area contributed by atoms with Gasteiger partial charge in [-0.1, -0.05) is 23.8 Å². The summed E-state index contributed by atoms with van der Waals surface area (Å²) in [5.74, 6) is -2.06. The first-order valence-electron chi connectivity index (χ1n) is 11.9. The van der Waals surface area contributed by atoms with Crippen LogP contribution in [0.1, 0.15) is 37.3 Å². The van der Waals surface area contributed by atoms with Gasteiger partial charge in [-0.05, 0) is 69.0 Å². The summed E-state index contributed by atoms with van der Waals surface area (Å²) < 4.78 is 5.61. The molecule has 180 valence electrons. The van der Waals surface area contributed by atoms with E-state index in [0.29, 0.717) is 18.5 Å². The third kappa shape index (κ3) is 4.27. The van der Waals surface area contributed by atoms with Gasteiger partial charge in [-0.2, -0.15) is 0 Å². The van der Waals surface area contributed by atoms with Crippen LogP contribution in [0.5, 0.6) is 5.75 Å². The van der Waals surface area contributed by atoms with Crippen LogP contribution in [0.4, 0.5) is 11.4 Å². The van der Waals surface area contributed by atoms with Crippen LogP contribution in [0.15, 0.2) is 54.1 Å². The summed E-state index contributed by atoms with van der Waals surface area (Å²) in [6, 6.07) is 12.4. The van der Waals surface area contributed by atoms with Crippen molar-refractivity contribution in [3.63, 3.8) is 0 Å². The lowest BCUT2D eigenvalue weighted by Crippen LogP contribution is -2.31. The first-order valence-corrected chi connectivity index (χ1v) is 11.9. The van der Waals surface area contributed by atoms with Gasteiger partial charge in [-0.25, -0.2) is 4.90 Å². The first kappa shape index (κ1) is 23.0. The minimum atomic E-state index is -0.598. The average Bonchev–Trinajstić information content (AvgIpc) is 3.31. The van der Waals surface area contributed by atoms with Crippen molar-refractivity contribution in [2.45, 2.75) is 40.0 Å². The lowest BCUT2D eigenvalue weighted by molar-refractivity contribution is -0.139. The average molecular weight is 473 g/mol. The number of allylic oxidation sites excluding steroid dienone is 2. The topological polar surface area (TPSA) is 84.0 Å². The second-order valence-electron chi connectivity index (χ2n) is 9.88. The number of benzene rings is 2. The number of esters is 1. The Morgan fingerprint density at radius 2 is 1.60 bits per heavy atom. The SMILES string of the molecule is CC1=CC[C@@H]2C(=O)N(c3cccc(OC(=O)[C@H]4CC(=O)N(c5cc(C)cc(C)c5)C4)c3)C(=O)[C@@H]2C1. The Bertz CT molecular complexity index is 1260. The van der Waals surface area contributed by atoms with E-state index in [1.165, 1.54) is 4.90 Å². The molecule has 1 aliphatic carbocycles. The second-order valence-corrected chi connectivity index (χ2v) is 9.88. The van der Waals surface area contributed by atoms with E-state index in [9.17, 15) is 19.2 Å². The van der Waals surface area contributed by atoms with E-state index in [2.05, 4.69) is 0 Å². The molecular formula is C28H28N2O5. The summed E-state index contributed by atoms with van der Waals surface area (Å²) in [6.07, 6.45) is 3.26. The molecular weight excluding hydrogens is 444 g/mol. The number of hydrogen-bond acceptors (Lipinski definition) is 5. The fourth-order valence-corrected chi connectivity index (χ4v) is 5.40. The van der Waals surface area contributed by atoms with Gasteiger partial charge in [0.15, 0.2) is 0 Å². The highest BCUT2D eigenvalue weighted by Gasteiger charge is 2.48. The molecule has 7 nitrogen and oxygen atoms in total. The Kier molecular flexibility index (Phi) is 5.79. The van der Waals surface area contributed by atoms with Gasteiger partial charge >= 0.3 is 5.97 Å². The molecule has 0 aromatic heterocycles. The highest BCUT2D eigenvalue weighted by molar-refractivity contribution is 6.22. The number of fused-ring (bicyclic) bond motifs is 1.